The Balaban J connectivity index is 1.74. The van der Waals surface area contributed by atoms with Crippen LogP contribution in [-0.4, -0.2) is 11.5 Å². The molecule has 0 amide bonds. The van der Waals surface area contributed by atoms with Crippen LogP contribution in [0, 0.1) is 0 Å². The molecular weight excluding hydrogens is 246 g/mol. The summed E-state index contributed by atoms with van der Waals surface area (Å²) >= 11 is 0. The van der Waals surface area contributed by atoms with Gasteiger partial charge < -0.3 is 5.32 Å². The molecule has 2 aromatic rings. The summed E-state index contributed by atoms with van der Waals surface area (Å²) in [6.45, 7) is 1.52. The zero-order valence-electron chi connectivity index (χ0n) is 10.5. The number of nitrogens with one attached hydrogen (secondary N) is 1. The van der Waals surface area contributed by atoms with E-state index in [1.165, 1.54) is 17.7 Å². The normalized spacial score (nSPS) is 10.9. The van der Waals surface area contributed by atoms with Gasteiger partial charge in [0, 0.05) is 24.5 Å². The van der Waals surface area contributed by atoms with E-state index in [0.29, 0.717) is 6.54 Å². The quantitative estimate of drug-likeness (QED) is 0.807. The molecule has 0 saturated carbocycles. The van der Waals surface area contributed by atoms with Crippen molar-refractivity contribution in [1.82, 2.24) is 10.3 Å². The van der Waals surface area contributed by atoms with E-state index >= 15 is 0 Å². The van der Waals surface area contributed by atoms with Gasteiger partial charge in [-0.05, 0) is 30.2 Å². The summed E-state index contributed by atoms with van der Waals surface area (Å²) in [5.74, 6) is 0. The molecule has 19 heavy (non-hydrogen) atoms. The predicted octanol–water partition coefficient (Wildman–Crippen LogP) is 3.35. The van der Waals surface area contributed by atoms with Crippen LogP contribution in [0.3, 0.4) is 0 Å². The number of hydrogen-bond donors (Lipinski definition) is 1. The lowest BCUT2D eigenvalue weighted by atomic mass is 10.1. The molecule has 0 unspecified atom stereocenters. The Morgan fingerprint density at radius 2 is 1.84 bits per heavy atom. The number of benzene rings is 1. The molecule has 2 nitrogen and oxygen atoms in total. The molecule has 100 valence electrons. The minimum atomic E-state index is -2.40. The molecule has 0 saturated heterocycles. The van der Waals surface area contributed by atoms with Gasteiger partial charge in [-0.25, -0.2) is 8.78 Å². The molecular formula is C15H16F2N2. The fourth-order valence-electron chi connectivity index (χ4n) is 1.79. The lowest BCUT2D eigenvalue weighted by Crippen LogP contribution is -2.16. The Morgan fingerprint density at radius 3 is 2.47 bits per heavy atom. The van der Waals surface area contributed by atoms with Crippen LogP contribution in [0.15, 0.2) is 48.8 Å². The van der Waals surface area contributed by atoms with Crippen LogP contribution in [0.5, 0.6) is 0 Å². The van der Waals surface area contributed by atoms with Crippen molar-refractivity contribution in [2.75, 3.05) is 6.54 Å². The van der Waals surface area contributed by atoms with E-state index in [9.17, 15) is 8.78 Å². The number of rotatable bonds is 6. The molecule has 0 aliphatic rings. The largest absolute Gasteiger partial charge is 0.312 e. The highest BCUT2D eigenvalue weighted by molar-refractivity contribution is 5.23. The second-order valence-electron chi connectivity index (χ2n) is 4.33. The summed E-state index contributed by atoms with van der Waals surface area (Å²) in [5.41, 5.74) is 2.26. The Labute approximate surface area is 111 Å². The van der Waals surface area contributed by atoms with Gasteiger partial charge >= 0.3 is 0 Å². The van der Waals surface area contributed by atoms with Gasteiger partial charge in [0.1, 0.15) is 0 Å². The van der Waals surface area contributed by atoms with E-state index in [2.05, 4.69) is 10.3 Å². The van der Waals surface area contributed by atoms with Gasteiger partial charge in [-0.3, -0.25) is 4.98 Å². The number of alkyl halides is 2. The molecule has 0 atom stereocenters. The van der Waals surface area contributed by atoms with Crippen molar-refractivity contribution < 1.29 is 8.78 Å². The molecule has 0 fully saturated rings. The predicted molar refractivity (Wildman–Crippen MR) is 71.0 cm³/mol. The van der Waals surface area contributed by atoms with Crippen LogP contribution >= 0.6 is 0 Å². The number of pyridine rings is 1. The van der Waals surface area contributed by atoms with Crippen molar-refractivity contribution in [3.8, 4) is 0 Å². The fourth-order valence-corrected chi connectivity index (χ4v) is 1.79. The van der Waals surface area contributed by atoms with Gasteiger partial charge in [0.15, 0.2) is 0 Å². The monoisotopic (exact) mass is 262 g/mol. The van der Waals surface area contributed by atoms with Gasteiger partial charge in [0.05, 0.1) is 0 Å². The molecule has 0 bridgehead atoms. The second kappa shape index (κ2) is 6.95. The van der Waals surface area contributed by atoms with Crippen LogP contribution in [-0.2, 0) is 13.0 Å². The second-order valence-corrected chi connectivity index (χ2v) is 4.33. The fraction of sp³-hybridized carbons (Fsp3) is 0.267. The first-order valence-corrected chi connectivity index (χ1v) is 6.22. The Morgan fingerprint density at radius 1 is 1.05 bits per heavy atom. The van der Waals surface area contributed by atoms with Crippen molar-refractivity contribution in [2.45, 2.75) is 19.4 Å². The summed E-state index contributed by atoms with van der Waals surface area (Å²) in [7, 11) is 0. The van der Waals surface area contributed by atoms with E-state index in [0.717, 1.165) is 18.5 Å². The highest BCUT2D eigenvalue weighted by Gasteiger charge is 2.05. The van der Waals surface area contributed by atoms with Crippen molar-refractivity contribution in [3.05, 3.63) is 65.5 Å². The molecule has 0 radical (unpaired) electrons. The van der Waals surface area contributed by atoms with E-state index < -0.39 is 6.43 Å². The Hall–Kier alpha value is -1.81. The minimum Gasteiger partial charge on any atom is -0.312 e. The van der Waals surface area contributed by atoms with Crippen LogP contribution < -0.4 is 5.32 Å². The summed E-state index contributed by atoms with van der Waals surface area (Å²) in [4.78, 5) is 4.05. The maximum Gasteiger partial charge on any atom is 0.263 e. The summed E-state index contributed by atoms with van der Waals surface area (Å²) in [6.07, 6.45) is 2.11. The topological polar surface area (TPSA) is 24.9 Å². The lowest BCUT2D eigenvalue weighted by Gasteiger charge is -2.06. The maximum atomic E-state index is 12.4. The van der Waals surface area contributed by atoms with E-state index in [4.69, 9.17) is 0 Å². The summed E-state index contributed by atoms with van der Waals surface area (Å²) in [6, 6.07) is 10.4. The standard InChI is InChI=1S/C15H16F2N2/c16-15(17)14-5-3-13(4-6-14)11-19-9-7-12-2-1-8-18-10-12/h1-6,8,10,15,19H,7,9,11H2. The summed E-state index contributed by atoms with van der Waals surface area (Å²) < 4.78 is 24.7. The Bertz CT molecular complexity index is 483. The highest BCUT2D eigenvalue weighted by Crippen LogP contribution is 2.18. The first-order chi connectivity index (χ1) is 9.25. The molecule has 2 rings (SSSR count). The molecule has 1 N–H and O–H groups in total. The summed E-state index contributed by atoms with van der Waals surface area (Å²) in [5, 5.41) is 3.28. The third-order valence-electron chi connectivity index (χ3n) is 2.87. The third kappa shape index (κ3) is 4.41. The lowest BCUT2D eigenvalue weighted by molar-refractivity contribution is 0.151. The van der Waals surface area contributed by atoms with E-state index in [1.807, 2.05) is 18.3 Å². The first-order valence-electron chi connectivity index (χ1n) is 6.22. The van der Waals surface area contributed by atoms with E-state index in [-0.39, 0.29) is 5.56 Å². The van der Waals surface area contributed by atoms with Gasteiger partial charge in [0.25, 0.3) is 6.43 Å². The average Bonchev–Trinajstić information content (AvgIpc) is 2.45. The van der Waals surface area contributed by atoms with Crippen LogP contribution in [0.1, 0.15) is 23.1 Å². The number of hydrogen-bond acceptors (Lipinski definition) is 2. The van der Waals surface area contributed by atoms with Gasteiger partial charge in [-0.2, -0.15) is 0 Å². The van der Waals surface area contributed by atoms with Crippen molar-refractivity contribution in [2.24, 2.45) is 0 Å². The third-order valence-corrected chi connectivity index (χ3v) is 2.87. The maximum absolute atomic E-state index is 12.4. The molecule has 1 heterocycles. The number of aromatic nitrogens is 1. The molecule has 0 aliphatic carbocycles. The highest BCUT2D eigenvalue weighted by atomic mass is 19.3. The number of nitrogens with zero attached hydrogens (tertiary/aromatic N) is 1. The Kier molecular flexibility index (Phi) is 4.98. The zero-order chi connectivity index (χ0) is 13.5. The molecule has 4 heteroatoms. The molecule has 1 aromatic carbocycles. The SMILES string of the molecule is FC(F)c1ccc(CNCCc2cccnc2)cc1. The molecule has 0 aliphatic heterocycles. The zero-order valence-corrected chi connectivity index (χ0v) is 10.5. The van der Waals surface area contributed by atoms with Crippen molar-refractivity contribution in [1.29, 1.82) is 0 Å². The molecule has 1 aromatic heterocycles. The minimum absolute atomic E-state index is 0.0686. The van der Waals surface area contributed by atoms with Crippen LogP contribution in [0.4, 0.5) is 8.78 Å². The van der Waals surface area contributed by atoms with Gasteiger partial charge in [-0.1, -0.05) is 30.3 Å². The molecule has 0 spiro atoms. The van der Waals surface area contributed by atoms with Crippen molar-refractivity contribution in [3.63, 3.8) is 0 Å². The van der Waals surface area contributed by atoms with Crippen LogP contribution in [0.25, 0.3) is 0 Å². The van der Waals surface area contributed by atoms with E-state index in [1.54, 1.807) is 18.3 Å². The average molecular weight is 262 g/mol. The van der Waals surface area contributed by atoms with Crippen molar-refractivity contribution >= 4 is 0 Å². The smallest absolute Gasteiger partial charge is 0.263 e. The van der Waals surface area contributed by atoms with Gasteiger partial charge in [0.2, 0.25) is 0 Å². The van der Waals surface area contributed by atoms with Crippen LogP contribution in [0.2, 0.25) is 0 Å². The number of halogens is 2. The van der Waals surface area contributed by atoms with Gasteiger partial charge in [-0.15, -0.1) is 0 Å². The first kappa shape index (κ1) is 13.6.